The Morgan fingerprint density at radius 3 is 3.24 bits per heavy atom. The van der Waals surface area contributed by atoms with Crippen LogP contribution in [-0.4, -0.2) is 58.3 Å². The van der Waals surface area contributed by atoms with Crippen molar-refractivity contribution in [3.63, 3.8) is 0 Å². The summed E-state index contributed by atoms with van der Waals surface area (Å²) in [6.07, 6.45) is 5.75. The molecule has 2 aliphatic heterocycles. The molecule has 114 valence electrons. The Labute approximate surface area is 123 Å². The first-order valence-corrected chi connectivity index (χ1v) is 7.38. The molecule has 0 saturated carbocycles. The number of aryl methyl sites for hydroxylation is 1. The van der Waals surface area contributed by atoms with E-state index in [1.165, 1.54) is 0 Å². The zero-order chi connectivity index (χ0) is 14.7. The number of nitrogens with one attached hydrogen (secondary N) is 1. The molecule has 2 fully saturated rings. The van der Waals surface area contributed by atoms with Gasteiger partial charge >= 0.3 is 0 Å². The molecule has 7 heteroatoms. The molecule has 1 aromatic rings. The van der Waals surface area contributed by atoms with E-state index in [1.807, 2.05) is 21.8 Å². The predicted octanol–water partition coefficient (Wildman–Crippen LogP) is -0.221. The normalized spacial score (nSPS) is 25.3. The van der Waals surface area contributed by atoms with Crippen molar-refractivity contribution < 1.29 is 14.3 Å². The fourth-order valence-corrected chi connectivity index (χ4v) is 2.91. The maximum atomic E-state index is 12.2. The average Bonchev–Trinajstić information content (AvgIpc) is 2.99. The summed E-state index contributed by atoms with van der Waals surface area (Å²) >= 11 is 0. The minimum Gasteiger partial charge on any atom is -0.366 e. The van der Waals surface area contributed by atoms with Crippen molar-refractivity contribution in [3.05, 3.63) is 18.5 Å². The van der Waals surface area contributed by atoms with Crippen molar-refractivity contribution in [2.24, 2.45) is 0 Å². The molecule has 1 aromatic heterocycles. The number of likely N-dealkylation sites (tertiary alicyclic amines) is 1. The Bertz CT molecular complexity index is 502. The number of nitrogens with zero attached hydrogens (tertiary/aromatic N) is 3. The number of hydrogen-bond acceptors (Lipinski definition) is 4. The van der Waals surface area contributed by atoms with E-state index >= 15 is 0 Å². The Hall–Kier alpha value is -1.89. The van der Waals surface area contributed by atoms with Gasteiger partial charge in [0.15, 0.2) is 0 Å². The number of aromatic nitrogens is 2. The smallest absolute Gasteiger partial charge is 0.246 e. The number of carbonyl (C=O) groups is 2. The van der Waals surface area contributed by atoms with Gasteiger partial charge in [0.05, 0.1) is 12.1 Å². The Morgan fingerprint density at radius 2 is 2.43 bits per heavy atom. The fourth-order valence-electron chi connectivity index (χ4n) is 2.91. The SMILES string of the molecule is O=C1CO[C@@H]2CCN(C(=O)CCCn3cccn3)C[C@@H]2N1. The first-order chi connectivity index (χ1) is 10.2. The van der Waals surface area contributed by atoms with E-state index in [1.54, 1.807) is 6.20 Å². The molecule has 2 aliphatic rings. The molecular formula is C14H20N4O3. The number of rotatable bonds is 4. The molecule has 1 N–H and O–H groups in total. The Morgan fingerprint density at radius 1 is 1.52 bits per heavy atom. The number of piperidine rings is 1. The average molecular weight is 292 g/mol. The van der Waals surface area contributed by atoms with Crippen LogP contribution in [0.3, 0.4) is 0 Å². The molecule has 3 rings (SSSR count). The van der Waals surface area contributed by atoms with E-state index in [0.29, 0.717) is 19.5 Å². The molecule has 2 amide bonds. The molecule has 0 unspecified atom stereocenters. The second kappa shape index (κ2) is 6.26. The van der Waals surface area contributed by atoms with Crippen LogP contribution < -0.4 is 5.32 Å². The third-order valence-electron chi connectivity index (χ3n) is 4.01. The predicted molar refractivity (Wildman–Crippen MR) is 74.3 cm³/mol. The number of amides is 2. The van der Waals surface area contributed by atoms with E-state index in [9.17, 15) is 9.59 Å². The number of ether oxygens (including phenoxy) is 1. The summed E-state index contributed by atoms with van der Waals surface area (Å²) in [4.78, 5) is 25.4. The van der Waals surface area contributed by atoms with E-state index < -0.39 is 0 Å². The van der Waals surface area contributed by atoms with Crippen LogP contribution in [0.5, 0.6) is 0 Å². The molecular weight excluding hydrogens is 272 g/mol. The van der Waals surface area contributed by atoms with Crippen molar-refractivity contribution in [2.75, 3.05) is 19.7 Å². The maximum absolute atomic E-state index is 12.2. The third kappa shape index (κ3) is 3.41. The van der Waals surface area contributed by atoms with Crippen LogP contribution in [0.25, 0.3) is 0 Å². The van der Waals surface area contributed by atoms with Gasteiger partial charge in [0, 0.05) is 38.4 Å². The van der Waals surface area contributed by atoms with Gasteiger partial charge in [0.1, 0.15) is 6.61 Å². The minimum atomic E-state index is -0.0933. The van der Waals surface area contributed by atoms with Crippen molar-refractivity contribution in [3.8, 4) is 0 Å². The van der Waals surface area contributed by atoms with Gasteiger partial charge in [-0.2, -0.15) is 5.10 Å². The fraction of sp³-hybridized carbons (Fsp3) is 0.643. The standard InChI is InChI=1S/C14H20N4O3/c19-13-10-21-12-4-8-17(9-11(12)16-13)14(20)3-1-6-18-7-2-5-15-18/h2,5,7,11-12H,1,3-4,6,8-10H2,(H,16,19)/t11-,12+/m0/s1. The lowest BCUT2D eigenvalue weighted by atomic mass is 10.00. The summed E-state index contributed by atoms with van der Waals surface area (Å²) < 4.78 is 7.32. The van der Waals surface area contributed by atoms with E-state index in [0.717, 1.165) is 19.4 Å². The second-order valence-corrected chi connectivity index (χ2v) is 5.52. The summed E-state index contributed by atoms with van der Waals surface area (Å²) in [5.74, 6) is 0.0460. The van der Waals surface area contributed by atoms with Crippen LogP contribution in [0, 0.1) is 0 Å². The summed E-state index contributed by atoms with van der Waals surface area (Å²) in [5.41, 5.74) is 0. The highest BCUT2D eigenvalue weighted by atomic mass is 16.5. The van der Waals surface area contributed by atoms with Crippen LogP contribution in [0.1, 0.15) is 19.3 Å². The number of morpholine rings is 1. The highest BCUT2D eigenvalue weighted by molar-refractivity contribution is 5.79. The van der Waals surface area contributed by atoms with Crippen LogP contribution in [0.15, 0.2) is 18.5 Å². The van der Waals surface area contributed by atoms with Crippen molar-refractivity contribution >= 4 is 11.8 Å². The first kappa shape index (κ1) is 14.1. The lowest BCUT2D eigenvalue weighted by Gasteiger charge is -2.41. The van der Waals surface area contributed by atoms with Gasteiger partial charge in [-0.1, -0.05) is 0 Å². The van der Waals surface area contributed by atoms with Gasteiger partial charge in [0.2, 0.25) is 11.8 Å². The molecule has 2 atom stereocenters. The quantitative estimate of drug-likeness (QED) is 0.832. The molecule has 0 aromatic carbocycles. The van der Waals surface area contributed by atoms with Crippen LogP contribution in [0.4, 0.5) is 0 Å². The summed E-state index contributed by atoms with van der Waals surface area (Å²) in [7, 11) is 0. The zero-order valence-electron chi connectivity index (χ0n) is 11.9. The van der Waals surface area contributed by atoms with Crippen molar-refractivity contribution in [1.82, 2.24) is 20.0 Å². The number of fused-ring (bicyclic) bond motifs is 1. The lowest BCUT2D eigenvalue weighted by Crippen LogP contribution is -2.61. The molecule has 0 radical (unpaired) electrons. The highest BCUT2D eigenvalue weighted by Crippen LogP contribution is 2.18. The van der Waals surface area contributed by atoms with Crippen LogP contribution in [0.2, 0.25) is 0 Å². The highest BCUT2D eigenvalue weighted by Gasteiger charge is 2.35. The van der Waals surface area contributed by atoms with Gasteiger partial charge in [-0.05, 0) is 18.9 Å². The van der Waals surface area contributed by atoms with E-state index in [-0.39, 0.29) is 30.6 Å². The molecule has 2 saturated heterocycles. The topological polar surface area (TPSA) is 76.5 Å². The van der Waals surface area contributed by atoms with Crippen LogP contribution in [-0.2, 0) is 20.9 Å². The Kier molecular flexibility index (Phi) is 4.19. The molecule has 3 heterocycles. The van der Waals surface area contributed by atoms with Gasteiger partial charge in [-0.3, -0.25) is 14.3 Å². The second-order valence-electron chi connectivity index (χ2n) is 5.52. The summed E-state index contributed by atoms with van der Waals surface area (Å²) in [6.45, 7) is 2.14. The third-order valence-corrected chi connectivity index (χ3v) is 4.01. The molecule has 0 aliphatic carbocycles. The van der Waals surface area contributed by atoms with Crippen molar-refractivity contribution in [2.45, 2.75) is 38.0 Å². The summed E-state index contributed by atoms with van der Waals surface area (Å²) in [6, 6.07) is 1.81. The molecule has 21 heavy (non-hydrogen) atoms. The first-order valence-electron chi connectivity index (χ1n) is 7.38. The Balaban J connectivity index is 1.45. The number of carbonyl (C=O) groups excluding carboxylic acids is 2. The number of hydrogen-bond donors (Lipinski definition) is 1. The van der Waals surface area contributed by atoms with E-state index in [2.05, 4.69) is 10.4 Å². The lowest BCUT2D eigenvalue weighted by molar-refractivity contribution is -0.146. The largest absolute Gasteiger partial charge is 0.366 e. The van der Waals surface area contributed by atoms with Gasteiger partial charge < -0.3 is 15.0 Å². The maximum Gasteiger partial charge on any atom is 0.246 e. The molecule has 7 nitrogen and oxygen atoms in total. The molecule has 0 bridgehead atoms. The van der Waals surface area contributed by atoms with Crippen LogP contribution >= 0.6 is 0 Å². The summed E-state index contributed by atoms with van der Waals surface area (Å²) in [5, 5.41) is 7.03. The van der Waals surface area contributed by atoms with Gasteiger partial charge in [0.25, 0.3) is 0 Å². The minimum absolute atomic E-state index is 0.0517. The van der Waals surface area contributed by atoms with Crippen molar-refractivity contribution in [1.29, 1.82) is 0 Å². The monoisotopic (exact) mass is 292 g/mol. The zero-order valence-corrected chi connectivity index (χ0v) is 11.9. The van der Waals surface area contributed by atoms with E-state index in [4.69, 9.17) is 4.74 Å². The van der Waals surface area contributed by atoms with Gasteiger partial charge in [-0.25, -0.2) is 0 Å². The van der Waals surface area contributed by atoms with Gasteiger partial charge in [-0.15, -0.1) is 0 Å². The molecule has 0 spiro atoms.